The van der Waals surface area contributed by atoms with Crippen molar-refractivity contribution in [3.05, 3.63) is 47.6 Å². The highest BCUT2D eigenvalue weighted by Gasteiger charge is 2.38. The molecule has 3 nitrogen and oxygen atoms in total. The average Bonchev–Trinajstić information content (AvgIpc) is 2.51. The molecule has 2 rings (SSSR count). The van der Waals surface area contributed by atoms with Crippen molar-refractivity contribution in [1.82, 2.24) is 0 Å². The third kappa shape index (κ3) is 3.84. The second-order valence-corrected chi connectivity index (χ2v) is 7.13. The Kier molecular flexibility index (Phi) is 6.11. The van der Waals surface area contributed by atoms with Crippen molar-refractivity contribution in [2.75, 3.05) is 0 Å². The highest BCUT2D eigenvalue weighted by Crippen LogP contribution is 2.48. The molecule has 1 fully saturated rings. The molecule has 3 atom stereocenters. The second kappa shape index (κ2) is 7.89. The first-order valence-corrected chi connectivity index (χ1v) is 8.92. The van der Waals surface area contributed by atoms with E-state index in [9.17, 15) is 15.3 Å². The smallest absolute Gasteiger partial charge is 0.123 e. The molecule has 1 aliphatic rings. The standard InChI is InChI=1S/C21H30O3/c1-5-6-7-8-15-11-17(22)20(18(23)12-15)19-16(13(2)3)10-9-14(4)21(19)24/h11-12,16,19,21-24H,2,4-10H2,1,3H3. The van der Waals surface area contributed by atoms with Crippen LogP contribution in [0, 0.1) is 5.92 Å². The van der Waals surface area contributed by atoms with Crippen molar-refractivity contribution < 1.29 is 15.3 Å². The van der Waals surface area contributed by atoms with Gasteiger partial charge in [-0.15, -0.1) is 0 Å². The zero-order valence-electron chi connectivity index (χ0n) is 14.9. The number of aryl methyl sites for hydroxylation is 1. The largest absolute Gasteiger partial charge is 0.508 e. The van der Waals surface area contributed by atoms with Gasteiger partial charge >= 0.3 is 0 Å². The molecular weight excluding hydrogens is 300 g/mol. The van der Waals surface area contributed by atoms with E-state index in [4.69, 9.17) is 0 Å². The van der Waals surface area contributed by atoms with Gasteiger partial charge in [0.1, 0.15) is 11.5 Å². The number of aliphatic hydroxyl groups excluding tert-OH is 1. The van der Waals surface area contributed by atoms with Crippen LogP contribution < -0.4 is 0 Å². The Labute approximate surface area is 145 Å². The van der Waals surface area contributed by atoms with Gasteiger partial charge in [-0.2, -0.15) is 0 Å². The molecule has 1 saturated carbocycles. The number of hydrogen-bond donors (Lipinski definition) is 3. The topological polar surface area (TPSA) is 60.7 Å². The number of phenolic OH excluding ortho intramolecular Hbond substituents is 2. The summed E-state index contributed by atoms with van der Waals surface area (Å²) < 4.78 is 0. The fourth-order valence-corrected chi connectivity index (χ4v) is 3.80. The van der Waals surface area contributed by atoms with Gasteiger partial charge in [0.2, 0.25) is 0 Å². The summed E-state index contributed by atoms with van der Waals surface area (Å²) in [4.78, 5) is 0. The van der Waals surface area contributed by atoms with E-state index >= 15 is 0 Å². The maximum atomic E-state index is 10.6. The van der Waals surface area contributed by atoms with E-state index in [2.05, 4.69) is 20.1 Å². The van der Waals surface area contributed by atoms with Crippen molar-refractivity contribution in [2.24, 2.45) is 5.92 Å². The molecule has 3 N–H and O–H groups in total. The Morgan fingerprint density at radius 3 is 2.38 bits per heavy atom. The van der Waals surface area contributed by atoms with Crippen LogP contribution in [0.3, 0.4) is 0 Å². The Morgan fingerprint density at radius 2 is 1.83 bits per heavy atom. The molecule has 1 aromatic rings. The van der Waals surface area contributed by atoms with Gasteiger partial charge in [0.05, 0.1) is 6.10 Å². The Morgan fingerprint density at radius 1 is 1.21 bits per heavy atom. The Balaban J connectivity index is 2.37. The third-order valence-electron chi connectivity index (χ3n) is 5.20. The zero-order chi connectivity index (χ0) is 17.9. The molecular formula is C21H30O3. The molecule has 0 aliphatic heterocycles. The first-order chi connectivity index (χ1) is 11.4. The van der Waals surface area contributed by atoms with E-state index in [-0.39, 0.29) is 17.4 Å². The molecule has 3 unspecified atom stereocenters. The van der Waals surface area contributed by atoms with Crippen molar-refractivity contribution >= 4 is 0 Å². The van der Waals surface area contributed by atoms with E-state index in [1.807, 2.05) is 6.92 Å². The summed E-state index contributed by atoms with van der Waals surface area (Å²) in [5.74, 6) is -0.250. The maximum Gasteiger partial charge on any atom is 0.123 e. The molecule has 1 aliphatic carbocycles. The fraction of sp³-hybridized carbons (Fsp3) is 0.524. The van der Waals surface area contributed by atoms with Crippen LogP contribution in [-0.2, 0) is 6.42 Å². The van der Waals surface area contributed by atoms with Gasteiger partial charge in [-0.1, -0.05) is 38.5 Å². The lowest BCUT2D eigenvalue weighted by atomic mass is 9.69. The zero-order valence-corrected chi connectivity index (χ0v) is 14.9. The van der Waals surface area contributed by atoms with Gasteiger partial charge in [-0.05, 0) is 61.8 Å². The van der Waals surface area contributed by atoms with Crippen LogP contribution in [0.15, 0.2) is 36.4 Å². The number of benzene rings is 1. The Bertz CT molecular complexity index is 595. The monoisotopic (exact) mass is 330 g/mol. The van der Waals surface area contributed by atoms with Gasteiger partial charge in [0.25, 0.3) is 0 Å². The first kappa shape index (κ1) is 18.6. The van der Waals surface area contributed by atoms with E-state index in [0.717, 1.165) is 55.2 Å². The molecule has 0 radical (unpaired) electrons. The van der Waals surface area contributed by atoms with Crippen LogP contribution >= 0.6 is 0 Å². The molecule has 1 aromatic carbocycles. The minimum absolute atomic E-state index is 0.0215. The molecule has 0 amide bonds. The molecule has 3 heteroatoms. The van der Waals surface area contributed by atoms with Crippen LogP contribution in [0.25, 0.3) is 0 Å². The summed E-state index contributed by atoms with van der Waals surface area (Å²) in [6.45, 7) is 12.1. The molecule has 132 valence electrons. The quantitative estimate of drug-likeness (QED) is 0.518. The number of allylic oxidation sites excluding steroid dienone is 1. The molecule has 0 spiro atoms. The molecule has 0 aromatic heterocycles. The molecule has 0 heterocycles. The lowest BCUT2D eigenvalue weighted by Gasteiger charge is -2.38. The number of aromatic hydroxyl groups is 2. The number of phenols is 2. The van der Waals surface area contributed by atoms with E-state index < -0.39 is 12.0 Å². The van der Waals surface area contributed by atoms with Crippen LogP contribution in [-0.4, -0.2) is 21.4 Å². The highest BCUT2D eigenvalue weighted by atomic mass is 16.3. The molecule has 0 bridgehead atoms. The van der Waals surface area contributed by atoms with Gasteiger partial charge in [-0.3, -0.25) is 0 Å². The van der Waals surface area contributed by atoms with Crippen LogP contribution in [0.4, 0.5) is 0 Å². The lowest BCUT2D eigenvalue weighted by molar-refractivity contribution is 0.127. The SMILES string of the molecule is C=C1CCC(C(=C)C)C(c2c(O)cc(CCCCC)cc2O)C1O. The van der Waals surface area contributed by atoms with Crippen molar-refractivity contribution in [3.8, 4) is 11.5 Å². The van der Waals surface area contributed by atoms with Crippen LogP contribution in [0.5, 0.6) is 11.5 Å². The summed E-state index contributed by atoms with van der Waals surface area (Å²) in [7, 11) is 0. The first-order valence-electron chi connectivity index (χ1n) is 8.92. The van der Waals surface area contributed by atoms with Crippen LogP contribution in [0.2, 0.25) is 0 Å². The summed E-state index contributed by atoms with van der Waals surface area (Å²) in [5, 5.41) is 31.7. The third-order valence-corrected chi connectivity index (χ3v) is 5.20. The summed E-state index contributed by atoms with van der Waals surface area (Å²) >= 11 is 0. The maximum absolute atomic E-state index is 10.6. The van der Waals surface area contributed by atoms with E-state index in [1.165, 1.54) is 0 Å². The predicted molar refractivity (Wildman–Crippen MR) is 98.4 cm³/mol. The highest BCUT2D eigenvalue weighted by molar-refractivity contribution is 5.51. The lowest BCUT2D eigenvalue weighted by Crippen LogP contribution is -2.32. The summed E-state index contributed by atoms with van der Waals surface area (Å²) in [6.07, 6.45) is 4.92. The average molecular weight is 330 g/mol. The normalized spacial score (nSPS) is 24.1. The second-order valence-electron chi connectivity index (χ2n) is 7.13. The van der Waals surface area contributed by atoms with E-state index in [1.54, 1.807) is 12.1 Å². The van der Waals surface area contributed by atoms with Crippen molar-refractivity contribution in [3.63, 3.8) is 0 Å². The summed E-state index contributed by atoms with van der Waals surface area (Å²) in [6, 6.07) is 3.45. The van der Waals surface area contributed by atoms with Crippen LogP contribution in [0.1, 0.15) is 63.0 Å². The number of hydrogen-bond acceptors (Lipinski definition) is 3. The van der Waals surface area contributed by atoms with E-state index in [0.29, 0.717) is 5.56 Å². The van der Waals surface area contributed by atoms with Gasteiger partial charge < -0.3 is 15.3 Å². The number of unbranched alkanes of at least 4 members (excludes halogenated alkanes) is 2. The molecule has 24 heavy (non-hydrogen) atoms. The minimum Gasteiger partial charge on any atom is -0.508 e. The number of aliphatic hydroxyl groups is 1. The molecule has 0 saturated heterocycles. The predicted octanol–water partition coefficient (Wildman–Crippen LogP) is 4.82. The van der Waals surface area contributed by atoms with Crippen molar-refractivity contribution in [2.45, 2.75) is 64.4 Å². The van der Waals surface area contributed by atoms with Gasteiger partial charge in [0.15, 0.2) is 0 Å². The summed E-state index contributed by atoms with van der Waals surface area (Å²) in [5.41, 5.74) is 3.06. The minimum atomic E-state index is -0.775. The van der Waals surface area contributed by atoms with Gasteiger partial charge in [-0.25, -0.2) is 0 Å². The van der Waals surface area contributed by atoms with Gasteiger partial charge in [0, 0.05) is 11.5 Å². The fourth-order valence-electron chi connectivity index (χ4n) is 3.80. The Hall–Kier alpha value is -1.74. The van der Waals surface area contributed by atoms with Crippen molar-refractivity contribution in [1.29, 1.82) is 0 Å². The number of rotatable bonds is 6.